The van der Waals surface area contributed by atoms with Crippen molar-refractivity contribution in [2.45, 2.75) is 51.0 Å². The van der Waals surface area contributed by atoms with Crippen LogP contribution in [0.25, 0.3) is 0 Å². The Balaban J connectivity index is 2.10. The minimum absolute atomic E-state index is 0.311. The molecule has 0 aromatic heterocycles. The Kier molecular flexibility index (Phi) is 4.22. The van der Waals surface area contributed by atoms with Crippen LogP contribution in [-0.2, 0) is 4.79 Å². The van der Waals surface area contributed by atoms with E-state index >= 15 is 0 Å². The summed E-state index contributed by atoms with van der Waals surface area (Å²) in [4.78, 5) is 10.3. The van der Waals surface area contributed by atoms with Gasteiger partial charge in [-0.1, -0.05) is 12.8 Å². The molecule has 0 spiro atoms. The van der Waals surface area contributed by atoms with Crippen LogP contribution in [0.2, 0.25) is 0 Å². The van der Waals surface area contributed by atoms with Crippen LogP contribution in [0.4, 0.5) is 0 Å². The monoisotopic (exact) mass is 185 g/mol. The third-order valence-corrected chi connectivity index (χ3v) is 2.83. The Hall–Kier alpha value is -0.570. The first kappa shape index (κ1) is 10.5. The largest absolute Gasteiger partial charge is 0.481 e. The number of aliphatic carboxylic acids is 1. The molecule has 3 N–H and O–H groups in total. The normalized spacial score (nSPS) is 28.7. The summed E-state index contributed by atoms with van der Waals surface area (Å²) in [5.74, 6) is 0.00297. The van der Waals surface area contributed by atoms with Crippen molar-refractivity contribution in [3.8, 4) is 0 Å². The van der Waals surface area contributed by atoms with E-state index in [-0.39, 0.29) is 0 Å². The van der Waals surface area contributed by atoms with Gasteiger partial charge in [-0.2, -0.15) is 0 Å². The molecule has 1 aliphatic rings. The highest BCUT2D eigenvalue weighted by Gasteiger charge is 2.18. The Morgan fingerprint density at radius 3 is 2.85 bits per heavy atom. The van der Waals surface area contributed by atoms with Gasteiger partial charge in [-0.05, 0) is 31.6 Å². The average Bonchev–Trinajstić information content (AvgIpc) is 2.03. The molecule has 2 atom stereocenters. The Bertz CT molecular complexity index is 170. The second-order valence-electron chi connectivity index (χ2n) is 4.08. The van der Waals surface area contributed by atoms with Crippen LogP contribution in [0.5, 0.6) is 0 Å². The van der Waals surface area contributed by atoms with Gasteiger partial charge >= 0.3 is 5.97 Å². The third kappa shape index (κ3) is 4.27. The summed E-state index contributed by atoms with van der Waals surface area (Å²) in [5, 5.41) is 8.47. The van der Waals surface area contributed by atoms with Crippen LogP contribution >= 0.6 is 0 Å². The van der Waals surface area contributed by atoms with Gasteiger partial charge in [0, 0.05) is 12.5 Å². The van der Waals surface area contributed by atoms with E-state index in [1.54, 1.807) is 0 Å². The molecule has 0 aromatic rings. The maximum atomic E-state index is 10.3. The second kappa shape index (κ2) is 5.22. The molecule has 0 radical (unpaired) electrons. The topological polar surface area (TPSA) is 63.3 Å². The fourth-order valence-corrected chi connectivity index (χ4v) is 2.14. The molecule has 1 saturated carbocycles. The number of hydrogen-bond donors (Lipinski definition) is 2. The molecule has 2 unspecified atom stereocenters. The van der Waals surface area contributed by atoms with Crippen molar-refractivity contribution in [2.24, 2.45) is 11.7 Å². The van der Waals surface area contributed by atoms with Crippen LogP contribution in [0.1, 0.15) is 44.9 Å². The Morgan fingerprint density at radius 1 is 1.46 bits per heavy atom. The molecule has 1 aliphatic carbocycles. The summed E-state index contributed by atoms with van der Waals surface area (Å²) < 4.78 is 0. The molecule has 3 nitrogen and oxygen atoms in total. The van der Waals surface area contributed by atoms with Gasteiger partial charge in [-0.3, -0.25) is 4.79 Å². The van der Waals surface area contributed by atoms with Crippen LogP contribution < -0.4 is 5.73 Å². The van der Waals surface area contributed by atoms with E-state index in [9.17, 15) is 4.79 Å². The molecule has 0 bridgehead atoms. The van der Waals surface area contributed by atoms with E-state index in [0.29, 0.717) is 18.4 Å². The van der Waals surface area contributed by atoms with Gasteiger partial charge in [-0.15, -0.1) is 0 Å². The minimum Gasteiger partial charge on any atom is -0.481 e. The van der Waals surface area contributed by atoms with Gasteiger partial charge in [0.1, 0.15) is 0 Å². The Labute approximate surface area is 79.3 Å². The van der Waals surface area contributed by atoms with E-state index in [1.165, 1.54) is 12.8 Å². The Morgan fingerprint density at radius 2 is 2.23 bits per heavy atom. The summed E-state index contributed by atoms with van der Waals surface area (Å²) in [6, 6.07) is 0.364. The third-order valence-electron chi connectivity index (χ3n) is 2.83. The van der Waals surface area contributed by atoms with E-state index in [4.69, 9.17) is 10.8 Å². The van der Waals surface area contributed by atoms with Crippen LogP contribution in [0, 0.1) is 5.92 Å². The van der Waals surface area contributed by atoms with E-state index < -0.39 is 5.97 Å². The predicted octanol–water partition coefficient (Wildman–Crippen LogP) is 1.76. The lowest BCUT2D eigenvalue weighted by molar-refractivity contribution is -0.137. The summed E-state index contributed by atoms with van der Waals surface area (Å²) >= 11 is 0. The number of hydrogen-bond acceptors (Lipinski definition) is 2. The molecule has 0 amide bonds. The zero-order valence-corrected chi connectivity index (χ0v) is 8.04. The number of carbonyl (C=O) groups is 1. The highest BCUT2D eigenvalue weighted by Crippen LogP contribution is 2.27. The number of rotatable bonds is 4. The quantitative estimate of drug-likeness (QED) is 0.701. The lowest BCUT2D eigenvalue weighted by Gasteiger charge is -2.26. The van der Waals surface area contributed by atoms with Crippen molar-refractivity contribution in [1.82, 2.24) is 0 Å². The van der Waals surface area contributed by atoms with Crippen LogP contribution in [0.3, 0.4) is 0 Å². The predicted molar refractivity (Wildman–Crippen MR) is 51.4 cm³/mol. The van der Waals surface area contributed by atoms with E-state index in [1.807, 2.05) is 0 Å². The van der Waals surface area contributed by atoms with Gasteiger partial charge in [0.15, 0.2) is 0 Å². The van der Waals surface area contributed by atoms with Crippen LogP contribution in [0.15, 0.2) is 0 Å². The maximum absolute atomic E-state index is 10.3. The van der Waals surface area contributed by atoms with Gasteiger partial charge in [0.05, 0.1) is 0 Å². The zero-order chi connectivity index (χ0) is 9.68. The SMILES string of the molecule is NC1CCCC(CCCC(=O)O)C1. The number of carboxylic acids is 1. The first-order valence-electron chi connectivity index (χ1n) is 5.16. The van der Waals surface area contributed by atoms with Gasteiger partial charge in [-0.25, -0.2) is 0 Å². The summed E-state index contributed by atoms with van der Waals surface area (Å²) in [5.41, 5.74) is 5.84. The van der Waals surface area contributed by atoms with Crippen molar-refractivity contribution >= 4 is 5.97 Å². The fourth-order valence-electron chi connectivity index (χ4n) is 2.14. The molecule has 0 aliphatic heterocycles. The van der Waals surface area contributed by atoms with Crippen molar-refractivity contribution < 1.29 is 9.90 Å². The molecule has 1 rings (SSSR count). The first-order chi connectivity index (χ1) is 6.18. The first-order valence-corrected chi connectivity index (χ1v) is 5.16. The summed E-state index contributed by atoms with van der Waals surface area (Å²) in [6.45, 7) is 0. The maximum Gasteiger partial charge on any atom is 0.303 e. The zero-order valence-electron chi connectivity index (χ0n) is 8.04. The molecule has 3 heteroatoms. The van der Waals surface area contributed by atoms with Crippen molar-refractivity contribution in [3.63, 3.8) is 0 Å². The lowest BCUT2D eigenvalue weighted by atomic mass is 9.83. The molecule has 0 aromatic carbocycles. The fraction of sp³-hybridized carbons (Fsp3) is 0.900. The van der Waals surface area contributed by atoms with Crippen LogP contribution in [-0.4, -0.2) is 17.1 Å². The average molecular weight is 185 g/mol. The number of nitrogens with two attached hydrogens (primary N) is 1. The second-order valence-corrected chi connectivity index (χ2v) is 4.08. The van der Waals surface area contributed by atoms with Gasteiger partial charge in [0.25, 0.3) is 0 Å². The van der Waals surface area contributed by atoms with Crippen molar-refractivity contribution in [1.29, 1.82) is 0 Å². The molecule has 1 fully saturated rings. The molecular formula is C10H19NO2. The van der Waals surface area contributed by atoms with E-state index in [0.717, 1.165) is 25.7 Å². The summed E-state index contributed by atoms with van der Waals surface area (Å²) in [7, 11) is 0. The molecular weight excluding hydrogens is 166 g/mol. The van der Waals surface area contributed by atoms with Crippen molar-refractivity contribution in [3.05, 3.63) is 0 Å². The molecule has 13 heavy (non-hydrogen) atoms. The van der Waals surface area contributed by atoms with Gasteiger partial charge in [0.2, 0.25) is 0 Å². The highest BCUT2D eigenvalue weighted by atomic mass is 16.4. The molecule has 76 valence electrons. The van der Waals surface area contributed by atoms with Crippen molar-refractivity contribution in [2.75, 3.05) is 0 Å². The van der Waals surface area contributed by atoms with E-state index in [2.05, 4.69) is 0 Å². The standard InChI is InChI=1S/C10H19NO2/c11-9-5-1-3-8(7-9)4-2-6-10(12)13/h8-9H,1-7,11H2,(H,12,13). The summed E-state index contributed by atoms with van der Waals surface area (Å²) in [6.07, 6.45) is 6.87. The molecule has 0 saturated heterocycles. The molecule has 0 heterocycles. The number of carboxylic acid groups (broad SMARTS) is 1. The smallest absolute Gasteiger partial charge is 0.303 e. The lowest BCUT2D eigenvalue weighted by Crippen LogP contribution is -2.27. The highest BCUT2D eigenvalue weighted by molar-refractivity contribution is 5.66. The minimum atomic E-state index is -0.680. The van der Waals surface area contributed by atoms with Gasteiger partial charge < -0.3 is 10.8 Å².